The van der Waals surface area contributed by atoms with Crippen LogP contribution in [0.5, 0.6) is 0 Å². The molecule has 33 heavy (non-hydrogen) atoms. The first-order valence-electron chi connectivity index (χ1n) is 10.4. The highest BCUT2D eigenvalue weighted by atomic mass is 79.9. The molecule has 5 rings (SSSR count). The highest BCUT2D eigenvalue weighted by Gasteiger charge is 2.23. The van der Waals surface area contributed by atoms with Crippen molar-refractivity contribution >= 4 is 38.1 Å². The molecule has 1 saturated heterocycles. The molecule has 0 unspecified atom stereocenters. The number of halogens is 2. The Bertz CT molecular complexity index is 1380. The maximum atomic E-state index is 13.6. The minimum absolute atomic E-state index is 0.0227. The van der Waals surface area contributed by atoms with E-state index in [-0.39, 0.29) is 17.3 Å². The molecule has 1 aliphatic heterocycles. The number of piperazine rings is 1. The Hall–Kier alpha value is -2.95. The third kappa shape index (κ3) is 4.73. The minimum atomic E-state index is -0.356. The summed E-state index contributed by atoms with van der Waals surface area (Å²) in [6.45, 7) is 3.13. The predicted octanol–water partition coefficient (Wildman–Crippen LogP) is 3.68. The molecule has 2 aromatic heterocycles. The van der Waals surface area contributed by atoms with Gasteiger partial charge in [0.25, 0.3) is 11.5 Å². The van der Waals surface area contributed by atoms with Gasteiger partial charge in [-0.3, -0.25) is 14.5 Å². The maximum absolute atomic E-state index is 13.6. The van der Waals surface area contributed by atoms with Gasteiger partial charge in [0, 0.05) is 54.4 Å². The van der Waals surface area contributed by atoms with E-state index in [1.165, 1.54) is 34.1 Å². The van der Waals surface area contributed by atoms with Gasteiger partial charge in [-0.15, -0.1) is 0 Å². The van der Waals surface area contributed by atoms with Crippen LogP contribution in [0.4, 0.5) is 4.39 Å². The number of rotatable bonds is 4. The van der Waals surface area contributed by atoms with Gasteiger partial charge in [0.2, 0.25) is 4.96 Å². The summed E-state index contributed by atoms with van der Waals surface area (Å²) in [7, 11) is 0. The lowest BCUT2D eigenvalue weighted by molar-refractivity contribution is 0.0627. The summed E-state index contributed by atoms with van der Waals surface area (Å²) < 4.78 is 15.8. The van der Waals surface area contributed by atoms with Crippen molar-refractivity contribution in [3.05, 3.63) is 86.5 Å². The number of carbonyl (C=O) groups excluding carboxylic acids is 1. The number of fused-ring (bicyclic) bond motifs is 1. The maximum Gasteiger partial charge on any atom is 0.275 e. The van der Waals surface area contributed by atoms with Crippen molar-refractivity contribution in [1.82, 2.24) is 24.4 Å². The zero-order valence-electron chi connectivity index (χ0n) is 17.4. The lowest BCUT2D eigenvalue weighted by atomic mass is 10.2. The number of aromatic nitrogens is 3. The Morgan fingerprint density at radius 1 is 1.06 bits per heavy atom. The summed E-state index contributed by atoms with van der Waals surface area (Å²) in [6, 6.07) is 15.0. The minimum Gasteiger partial charge on any atom is -0.336 e. The van der Waals surface area contributed by atoms with Crippen molar-refractivity contribution in [3.8, 4) is 10.6 Å². The van der Waals surface area contributed by atoms with Crippen LogP contribution in [0.25, 0.3) is 15.5 Å². The van der Waals surface area contributed by atoms with Gasteiger partial charge in [0.15, 0.2) is 0 Å². The first-order chi connectivity index (χ1) is 16.0. The van der Waals surface area contributed by atoms with E-state index < -0.39 is 0 Å². The number of nitrogens with zero attached hydrogens (tertiary/aromatic N) is 5. The Labute approximate surface area is 201 Å². The Balaban J connectivity index is 1.27. The van der Waals surface area contributed by atoms with Gasteiger partial charge in [-0.1, -0.05) is 39.4 Å². The first kappa shape index (κ1) is 21.9. The average Bonchev–Trinajstić information content (AvgIpc) is 3.25. The third-order valence-corrected chi connectivity index (χ3v) is 6.99. The SMILES string of the molecule is O=C(c1ccc(Br)cc1)N1CCN(Cc2cc(=O)n3nc(-c4cccc(F)c4)sc3n2)CC1. The molecule has 7 nitrogen and oxygen atoms in total. The predicted molar refractivity (Wildman–Crippen MR) is 128 cm³/mol. The van der Waals surface area contributed by atoms with Crippen molar-refractivity contribution in [2.45, 2.75) is 6.54 Å². The number of amides is 1. The van der Waals surface area contributed by atoms with Crippen molar-refractivity contribution in [2.75, 3.05) is 26.2 Å². The fraction of sp³-hybridized carbons (Fsp3) is 0.217. The molecule has 0 aliphatic carbocycles. The number of carbonyl (C=O) groups is 1. The highest BCUT2D eigenvalue weighted by molar-refractivity contribution is 9.10. The van der Waals surface area contributed by atoms with Crippen LogP contribution < -0.4 is 5.56 Å². The van der Waals surface area contributed by atoms with E-state index in [9.17, 15) is 14.0 Å². The normalized spacial score (nSPS) is 14.7. The lowest BCUT2D eigenvalue weighted by Gasteiger charge is -2.34. The van der Waals surface area contributed by atoms with Gasteiger partial charge in [-0.05, 0) is 36.4 Å². The van der Waals surface area contributed by atoms with Crippen LogP contribution >= 0.6 is 27.3 Å². The number of hydrogen-bond acceptors (Lipinski definition) is 6. The van der Waals surface area contributed by atoms with E-state index in [4.69, 9.17) is 0 Å². The Morgan fingerprint density at radius 2 is 1.82 bits per heavy atom. The summed E-state index contributed by atoms with van der Waals surface area (Å²) >= 11 is 4.64. The molecule has 1 amide bonds. The average molecular weight is 528 g/mol. The molecule has 0 atom stereocenters. The zero-order chi connectivity index (χ0) is 22.9. The van der Waals surface area contributed by atoms with Crippen LogP contribution in [0.15, 0.2) is 63.9 Å². The Morgan fingerprint density at radius 3 is 2.55 bits per heavy atom. The van der Waals surface area contributed by atoms with Crippen LogP contribution in [-0.2, 0) is 6.54 Å². The molecule has 4 aromatic rings. The van der Waals surface area contributed by atoms with Crippen LogP contribution in [0.2, 0.25) is 0 Å². The quantitative estimate of drug-likeness (QED) is 0.405. The van der Waals surface area contributed by atoms with E-state index in [1.807, 2.05) is 29.2 Å². The second kappa shape index (κ2) is 9.12. The van der Waals surface area contributed by atoms with Gasteiger partial charge < -0.3 is 4.90 Å². The summed E-state index contributed by atoms with van der Waals surface area (Å²) in [5.41, 5.74) is 1.67. The van der Waals surface area contributed by atoms with Crippen LogP contribution in [0.1, 0.15) is 16.1 Å². The Kier molecular flexibility index (Phi) is 6.05. The van der Waals surface area contributed by atoms with Gasteiger partial charge in [0.1, 0.15) is 10.8 Å². The van der Waals surface area contributed by atoms with E-state index in [1.54, 1.807) is 12.1 Å². The summed E-state index contributed by atoms with van der Waals surface area (Å²) in [4.78, 5) is 34.4. The molecule has 1 aliphatic rings. The van der Waals surface area contributed by atoms with Gasteiger partial charge in [0.05, 0.1) is 5.69 Å². The van der Waals surface area contributed by atoms with Crippen molar-refractivity contribution in [3.63, 3.8) is 0 Å². The molecular formula is C23H19BrFN5O2S. The molecule has 0 radical (unpaired) electrons. The molecular weight excluding hydrogens is 509 g/mol. The van der Waals surface area contributed by atoms with Crippen LogP contribution in [0.3, 0.4) is 0 Å². The molecule has 168 valence electrons. The molecule has 3 heterocycles. The highest BCUT2D eigenvalue weighted by Crippen LogP contribution is 2.25. The second-order valence-corrected chi connectivity index (χ2v) is 9.64. The van der Waals surface area contributed by atoms with Crippen molar-refractivity contribution in [2.24, 2.45) is 0 Å². The first-order valence-corrected chi connectivity index (χ1v) is 12.0. The summed E-state index contributed by atoms with van der Waals surface area (Å²) in [5, 5.41) is 4.85. The third-order valence-electron chi connectivity index (χ3n) is 5.51. The summed E-state index contributed by atoms with van der Waals surface area (Å²) in [5.74, 6) is -0.333. The van der Waals surface area contributed by atoms with Crippen LogP contribution in [-0.4, -0.2) is 56.5 Å². The van der Waals surface area contributed by atoms with E-state index in [0.29, 0.717) is 59.5 Å². The summed E-state index contributed by atoms with van der Waals surface area (Å²) in [6.07, 6.45) is 0. The largest absolute Gasteiger partial charge is 0.336 e. The van der Waals surface area contributed by atoms with Gasteiger partial charge in [-0.25, -0.2) is 9.37 Å². The lowest BCUT2D eigenvalue weighted by Crippen LogP contribution is -2.48. The molecule has 2 aromatic carbocycles. The number of hydrogen-bond donors (Lipinski definition) is 0. The monoisotopic (exact) mass is 527 g/mol. The zero-order valence-corrected chi connectivity index (χ0v) is 19.9. The van der Waals surface area contributed by atoms with E-state index in [0.717, 1.165) is 4.47 Å². The fourth-order valence-electron chi connectivity index (χ4n) is 3.79. The second-order valence-electron chi connectivity index (χ2n) is 7.77. The van der Waals surface area contributed by atoms with Crippen molar-refractivity contribution < 1.29 is 9.18 Å². The molecule has 1 fully saturated rings. The smallest absolute Gasteiger partial charge is 0.275 e. The molecule has 0 N–H and O–H groups in total. The van der Waals surface area contributed by atoms with Crippen molar-refractivity contribution in [1.29, 1.82) is 0 Å². The molecule has 0 spiro atoms. The number of benzene rings is 2. The molecule has 10 heteroatoms. The fourth-order valence-corrected chi connectivity index (χ4v) is 4.97. The van der Waals surface area contributed by atoms with Gasteiger partial charge >= 0.3 is 0 Å². The molecule has 0 bridgehead atoms. The van der Waals surface area contributed by atoms with E-state index >= 15 is 0 Å². The van der Waals surface area contributed by atoms with Crippen LogP contribution in [0, 0.1) is 5.82 Å². The van der Waals surface area contributed by atoms with Gasteiger partial charge in [-0.2, -0.15) is 9.61 Å². The molecule has 0 saturated carbocycles. The topological polar surface area (TPSA) is 70.8 Å². The standard InChI is InChI=1S/C23H19BrFN5O2S/c24-17-6-4-15(5-7-17)22(32)29-10-8-28(9-11-29)14-19-13-20(31)30-23(26-19)33-21(27-30)16-2-1-3-18(25)12-16/h1-7,12-13H,8-11,14H2. The van der Waals surface area contributed by atoms with E-state index in [2.05, 4.69) is 30.9 Å².